The maximum absolute atomic E-state index is 13.3. The fraction of sp³-hybridized carbons (Fsp3) is 0.174. The number of hydrogen-bond acceptors (Lipinski definition) is 3. The van der Waals surface area contributed by atoms with Crippen LogP contribution in [0.1, 0.15) is 23.3 Å². The highest BCUT2D eigenvalue weighted by Gasteiger charge is 2.24. The Morgan fingerprint density at radius 3 is 2.32 bits per heavy atom. The van der Waals surface area contributed by atoms with Gasteiger partial charge in [0.1, 0.15) is 5.69 Å². The molecule has 1 aliphatic heterocycles. The second-order valence-corrected chi connectivity index (χ2v) is 7.45. The Morgan fingerprint density at radius 1 is 0.857 bits per heavy atom. The summed E-state index contributed by atoms with van der Waals surface area (Å²) in [5, 5.41) is 3.29. The van der Waals surface area contributed by atoms with Crippen LogP contribution in [-0.2, 0) is 0 Å². The Morgan fingerprint density at radius 2 is 1.54 bits per heavy atom. The van der Waals surface area contributed by atoms with Crippen LogP contribution in [0, 0.1) is 0 Å². The van der Waals surface area contributed by atoms with E-state index in [1.165, 1.54) is 0 Å². The summed E-state index contributed by atoms with van der Waals surface area (Å²) >= 11 is 0. The van der Waals surface area contributed by atoms with Crippen LogP contribution in [0.5, 0.6) is 0 Å². The molecule has 0 bridgehead atoms. The van der Waals surface area contributed by atoms with E-state index >= 15 is 0 Å². The Balaban J connectivity index is 1.83. The molecule has 1 amide bonds. The number of benzene rings is 2. The average molecular weight is 367 g/mol. The van der Waals surface area contributed by atoms with Gasteiger partial charge in [-0.3, -0.25) is 14.0 Å². The van der Waals surface area contributed by atoms with Crippen LogP contribution in [0.25, 0.3) is 38.1 Å². The van der Waals surface area contributed by atoms with Gasteiger partial charge in [-0.1, -0.05) is 36.4 Å². The summed E-state index contributed by atoms with van der Waals surface area (Å²) in [5.74, 6) is -0.0261. The van der Waals surface area contributed by atoms with Crippen LogP contribution < -0.4 is 5.56 Å². The lowest BCUT2D eigenvalue weighted by Crippen LogP contribution is -2.28. The van der Waals surface area contributed by atoms with Gasteiger partial charge in [-0.15, -0.1) is 0 Å². The van der Waals surface area contributed by atoms with Crippen molar-refractivity contribution >= 4 is 44.0 Å². The molecule has 0 saturated carbocycles. The van der Waals surface area contributed by atoms with Crippen LogP contribution in [0.15, 0.2) is 59.4 Å². The molecule has 0 spiro atoms. The summed E-state index contributed by atoms with van der Waals surface area (Å²) < 4.78 is 1.75. The van der Waals surface area contributed by atoms with Crippen molar-refractivity contribution in [2.75, 3.05) is 13.1 Å². The number of amides is 1. The van der Waals surface area contributed by atoms with Gasteiger partial charge >= 0.3 is 0 Å². The molecule has 0 unspecified atom stereocenters. The molecular weight excluding hydrogens is 350 g/mol. The summed E-state index contributed by atoms with van der Waals surface area (Å²) in [5.41, 5.74) is 2.77. The molecule has 0 aliphatic carbocycles. The number of carbonyl (C=O) groups excluding carboxylic acids is 1. The highest BCUT2D eigenvalue weighted by Crippen LogP contribution is 2.34. The molecule has 2 aromatic carbocycles. The molecule has 0 atom stereocenters. The van der Waals surface area contributed by atoms with Crippen molar-refractivity contribution in [3.8, 4) is 0 Å². The van der Waals surface area contributed by atoms with Crippen molar-refractivity contribution in [1.29, 1.82) is 0 Å². The molecule has 1 aliphatic rings. The molecule has 136 valence electrons. The van der Waals surface area contributed by atoms with Crippen molar-refractivity contribution in [2.24, 2.45) is 0 Å². The van der Waals surface area contributed by atoms with Gasteiger partial charge in [-0.2, -0.15) is 0 Å². The molecule has 5 aromatic rings. The second kappa shape index (κ2) is 5.52. The number of likely N-dealkylation sites (tertiary alicyclic amines) is 1. The number of fused-ring (bicyclic) bond motifs is 5. The smallest absolute Gasteiger partial charge is 0.272 e. The van der Waals surface area contributed by atoms with Gasteiger partial charge < -0.3 is 4.90 Å². The Kier molecular flexibility index (Phi) is 3.07. The molecule has 3 aromatic heterocycles. The Labute approximate surface area is 160 Å². The predicted molar refractivity (Wildman–Crippen MR) is 110 cm³/mol. The van der Waals surface area contributed by atoms with Crippen LogP contribution in [0.4, 0.5) is 0 Å². The van der Waals surface area contributed by atoms with Gasteiger partial charge in [0.2, 0.25) is 0 Å². The molecule has 0 radical (unpaired) electrons. The van der Waals surface area contributed by atoms with E-state index in [0.29, 0.717) is 16.6 Å². The van der Waals surface area contributed by atoms with Crippen LogP contribution in [0.2, 0.25) is 0 Å². The van der Waals surface area contributed by atoms with Gasteiger partial charge in [0.25, 0.3) is 11.5 Å². The quantitative estimate of drug-likeness (QED) is 0.423. The highest BCUT2D eigenvalue weighted by molar-refractivity contribution is 6.20. The number of rotatable bonds is 1. The minimum atomic E-state index is -0.0466. The van der Waals surface area contributed by atoms with E-state index in [4.69, 9.17) is 4.98 Å². The third-order valence-corrected chi connectivity index (χ3v) is 5.88. The normalized spacial score (nSPS) is 14.8. The maximum Gasteiger partial charge on any atom is 0.272 e. The van der Waals surface area contributed by atoms with E-state index in [0.717, 1.165) is 53.1 Å². The van der Waals surface area contributed by atoms with Gasteiger partial charge in [-0.25, -0.2) is 4.98 Å². The largest absolute Gasteiger partial charge is 0.337 e. The average Bonchev–Trinajstić information content (AvgIpc) is 3.38. The summed E-state index contributed by atoms with van der Waals surface area (Å²) in [6, 6.07) is 17.2. The van der Waals surface area contributed by atoms with Crippen molar-refractivity contribution in [3.05, 3.63) is 70.6 Å². The third kappa shape index (κ3) is 1.93. The minimum Gasteiger partial charge on any atom is -0.337 e. The first-order chi connectivity index (χ1) is 13.7. The first-order valence-electron chi connectivity index (χ1n) is 9.61. The second-order valence-electron chi connectivity index (χ2n) is 7.45. The Hall–Kier alpha value is -3.47. The van der Waals surface area contributed by atoms with Gasteiger partial charge in [0, 0.05) is 34.6 Å². The van der Waals surface area contributed by atoms with E-state index in [1.807, 2.05) is 59.5 Å². The number of nitrogens with zero attached hydrogens (tertiary/aromatic N) is 3. The van der Waals surface area contributed by atoms with Crippen molar-refractivity contribution < 1.29 is 4.79 Å². The number of carbonyl (C=O) groups is 1. The number of pyridine rings is 2. The first kappa shape index (κ1) is 15.6. The van der Waals surface area contributed by atoms with E-state index in [9.17, 15) is 9.59 Å². The lowest BCUT2D eigenvalue weighted by Gasteiger charge is -2.15. The topological polar surface area (TPSA) is 54.7 Å². The Bertz CT molecular complexity index is 1460. The van der Waals surface area contributed by atoms with Gasteiger partial charge in [0.15, 0.2) is 0 Å². The number of para-hydroxylation sites is 1. The molecule has 6 rings (SSSR count). The lowest BCUT2D eigenvalue weighted by atomic mass is 10.1. The predicted octanol–water partition coefficient (Wildman–Crippen LogP) is 3.83. The lowest BCUT2D eigenvalue weighted by molar-refractivity contribution is 0.0787. The number of hydrogen-bond donors (Lipinski definition) is 0. The zero-order valence-corrected chi connectivity index (χ0v) is 15.2. The zero-order chi connectivity index (χ0) is 18.8. The minimum absolute atomic E-state index is 0.0261. The molecule has 0 N–H and O–H groups in total. The molecular formula is C23H17N3O2. The molecule has 1 fully saturated rings. The van der Waals surface area contributed by atoms with E-state index in [2.05, 4.69) is 0 Å². The summed E-state index contributed by atoms with van der Waals surface area (Å²) in [4.78, 5) is 33.0. The van der Waals surface area contributed by atoms with E-state index in [-0.39, 0.29) is 11.5 Å². The summed E-state index contributed by atoms with van der Waals surface area (Å²) in [6.07, 6.45) is 2.08. The molecule has 28 heavy (non-hydrogen) atoms. The molecule has 5 heteroatoms. The standard InChI is InChI=1S/C23H17N3O2/c27-22-16-9-2-1-8-15(16)20-21-17(14-7-3-4-10-19(14)26(21)22)13-18(24-20)23(28)25-11-5-6-12-25/h1-4,7-10,13H,5-6,11-12H2. The fourth-order valence-electron chi connectivity index (χ4n) is 4.57. The maximum atomic E-state index is 13.3. The van der Waals surface area contributed by atoms with E-state index in [1.54, 1.807) is 4.40 Å². The molecule has 1 saturated heterocycles. The zero-order valence-electron chi connectivity index (χ0n) is 15.2. The summed E-state index contributed by atoms with van der Waals surface area (Å²) in [7, 11) is 0. The monoisotopic (exact) mass is 367 g/mol. The number of aromatic nitrogens is 2. The van der Waals surface area contributed by atoms with Crippen LogP contribution in [-0.4, -0.2) is 33.3 Å². The van der Waals surface area contributed by atoms with Crippen LogP contribution in [0.3, 0.4) is 0 Å². The molecule has 5 nitrogen and oxygen atoms in total. The SMILES string of the molecule is O=C(c1cc2c3ccccc3n3c(=O)c4ccccc4c(n1)c23)N1CCCC1. The van der Waals surface area contributed by atoms with Crippen molar-refractivity contribution in [3.63, 3.8) is 0 Å². The first-order valence-corrected chi connectivity index (χ1v) is 9.61. The van der Waals surface area contributed by atoms with Gasteiger partial charge in [-0.05, 0) is 31.0 Å². The summed E-state index contributed by atoms with van der Waals surface area (Å²) in [6.45, 7) is 1.56. The third-order valence-electron chi connectivity index (χ3n) is 5.88. The molecule has 4 heterocycles. The van der Waals surface area contributed by atoms with Gasteiger partial charge in [0.05, 0.1) is 16.6 Å². The van der Waals surface area contributed by atoms with Crippen molar-refractivity contribution in [1.82, 2.24) is 14.3 Å². The van der Waals surface area contributed by atoms with E-state index < -0.39 is 0 Å². The van der Waals surface area contributed by atoms with Crippen LogP contribution >= 0.6 is 0 Å². The highest BCUT2D eigenvalue weighted by atomic mass is 16.2. The van der Waals surface area contributed by atoms with Crippen molar-refractivity contribution in [2.45, 2.75) is 12.8 Å². The fourth-order valence-corrected chi connectivity index (χ4v) is 4.57.